The summed E-state index contributed by atoms with van der Waals surface area (Å²) in [7, 11) is 0. The number of halogens is 2. The van der Waals surface area contributed by atoms with Gasteiger partial charge in [-0.05, 0) is 24.1 Å². The van der Waals surface area contributed by atoms with Gasteiger partial charge >= 0.3 is 0 Å². The van der Waals surface area contributed by atoms with Crippen LogP contribution in [0.4, 0.5) is 8.78 Å². The molecule has 0 heterocycles. The zero-order valence-corrected chi connectivity index (χ0v) is 6.98. The Balaban J connectivity index is 2.71. The van der Waals surface area contributed by atoms with Crippen LogP contribution in [0.3, 0.4) is 0 Å². The lowest BCUT2D eigenvalue weighted by Crippen LogP contribution is -2.10. The monoisotopic (exact) mass is 184 g/mol. The maximum atomic E-state index is 12.6. The highest BCUT2D eigenvalue weighted by Crippen LogP contribution is 2.09. The molecule has 1 rings (SSSR count). The Morgan fingerprint density at radius 3 is 2.23 bits per heavy atom. The van der Waals surface area contributed by atoms with Gasteiger partial charge in [0.2, 0.25) is 0 Å². The van der Waals surface area contributed by atoms with E-state index in [0.717, 1.165) is 6.07 Å². The molecule has 70 valence electrons. The molecule has 0 aliphatic heterocycles. The number of nitrogens with two attached hydrogens (primary N) is 1. The molecule has 0 amide bonds. The van der Waals surface area contributed by atoms with Crippen molar-refractivity contribution in [3.63, 3.8) is 0 Å². The van der Waals surface area contributed by atoms with Crippen molar-refractivity contribution in [2.75, 3.05) is 0 Å². The van der Waals surface area contributed by atoms with Crippen molar-refractivity contribution in [3.8, 4) is 0 Å². The Morgan fingerprint density at radius 1 is 1.23 bits per heavy atom. The molecule has 0 radical (unpaired) electrons. The van der Waals surface area contributed by atoms with Gasteiger partial charge in [0.25, 0.3) is 0 Å². The third-order valence-corrected chi connectivity index (χ3v) is 1.61. The van der Waals surface area contributed by atoms with E-state index < -0.39 is 11.6 Å². The molecule has 4 heteroatoms. The van der Waals surface area contributed by atoms with Gasteiger partial charge in [0.05, 0.1) is 5.84 Å². The molecule has 0 fully saturated rings. The maximum Gasteiger partial charge on any atom is 0.126 e. The Bertz CT molecular complexity index is 303. The fourth-order valence-corrected chi connectivity index (χ4v) is 1.03. The van der Waals surface area contributed by atoms with Crippen LogP contribution in [0.1, 0.15) is 12.0 Å². The van der Waals surface area contributed by atoms with E-state index in [4.69, 9.17) is 11.1 Å². The van der Waals surface area contributed by atoms with E-state index in [1.807, 2.05) is 0 Å². The quantitative estimate of drug-likeness (QED) is 0.546. The summed E-state index contributed by atoms with van der Waals surface area (Å²) >= 11 is 0. The van der Waals surface area contributed by atoms with Gasteiger partial charge in [0, 0.05) is 12.5 Å². The normalized spacial score (nSPS) is 10.0. The highest BCUT2D eigenvalue weighted by molar-refractivity contribution is 5.77. The van der Waals surface area contributed by atoms with Gasteiger partial charge < -0.3 is 5.73 Å². The van der Waals surface area contributed by atoms with Crippen molar-refractivity contribution in [1.29, 1.82) is 5.41 Å². The molecule has 0 saturated heterocycles. The van der Waals surface area contributed by atoms with E-state index in [1.165, 1.54) is 12.1 Å². The molecule has 13 heavy (non-hydrogen) atoms. The lowest BCUT2D eigenvalue weighted by molar-refractivity contribution is 0.579. The van der Waals surface area contributed by atoms with E-state index in [1.54, 1.807) is 0 Å². The molecule has 0 unspecified atom stereocenters. The number of aryl methyl sites for hydroxylation is 1. The predicted octanol–water partition coefficient (Wildman–Crippen LogP) is 1.83. The summed E-state index contributed by atoms with van der Waals surface area (Å²) in [5.41, 5.74) is 5.63. The van der Waals surface area contributed by atoms with E-state index in [2.05, 4.69) is 0 Å². The summed E-state index contributed by atoms with van der Waals surface area (Å²) < 4.78 is 25.3. The van der Waals surface area contributed by atoms with Crippen LogP contribution in [-0.4, -0.2) is 5.84 Å². The highest BCUT2D eigenvalue weighted by atomic mass is 19.1. The van der Waals surface area contributed by atoms with Crippen molar-refractivity contribution < 1.29 is 8.78 Å². The smallest absolute Gasteiger partial charge is 0.126 e. The minimum absolute atomic E-state index is 0.0182. The first-order chi connectivity index (χ1) is 6.08. The summed E-state index contributed by atoms with van der Waals surface area (Å²) in [6.07, 6.45) is 0.715. The van der Waals surface area contributed by atoms with Crippen molar-refractivity contribution in [3.05, 3.63) is 35.4 Å². The van der Waals surface area contributed by atoms with E-state index in [-0.39, 0.29) is 5.84 Å². The molecule has 0 atom stereocenters. The second kappa shape index (κ2) is 3.98. The average Bonchev–Trinajstić information content (AvgIpc) is 1.99. The minimum Gasteiger partial charge on any atom is -0.388 e. The summed E-state index contributed by atoms with van der Waals surface area (Å²) in [5, 5.41) is 6.94. The zero-order chi connectivity index (χ0) is 9.84. The Morgan fingerprint density at radius 2 is 1.77 bits per heavy atom. The summed E-state index contributed by atoms with van der Waals surface area (Å²) in [4.78, 5) is 0. The molecule has 0 aromatic heterocycles. The van der Waals surface area contributed by atoms with Gasteiger partial charge in [-0.25, -0.2) is 8.78 Å². The number of nitrogens with one attached hydrogen (secondary N) is 1. The van der Waals surface area contributed by atoms with Crippen LogP contribution < -0.4 is 5.73 Å². The molecular weight excluding hydrogens is 174 g/mol. The highest BCUT2D eigenvalue weighted by Gasteiger charge is 2.00. The van der Waals surface area contributed by atoms with Crippen LogP contribution in [0.15, 0.2) is 18.2 Å². The average molecular weight is 184 g/mol. The summed E-state index contributed by atoms with van der Waals surface area (Å²) in [6, 6.07) is 3.30. The molecule has 0 bridgehead atoms. The van der Waals surface area contributed by atoms with Gasteiger partial charge in [0.1, 0.15) is 11.6 Å². The molecule has 0 spiro atoms. The van der Waals surface area contributed by atoms with Crippen molar-refractivity contribution in [1.82, 2.24) is 0 Å². The van der Waals surface area contributed by atoms with Gasteiger partial charge in [-0.1, -0.05) is 0 Å². The number of amidine groups is 1. The summed E-state index contributed by atoms with van der Waals surface area (Å²) in [6.45, 7) is 0. The molecule has 0 aliphatic carbocycles. The fraction of sp³-hybridized carbons (Fsp3) is 0.222. The molecular formula is C9H10F2N2. The van der Waals surface area contributed by atoms with E-state index in [0.29, 0.717) is 18.4 Å². The van der Waals surface area contributed by atoms with Crippen LogP contribution in [-0.2, 0) is 6.42 Å². The Hall–Kier alpha value is -1.45. The van der Waals surface area contributed by atoms with Crippen LogP contribution in [0.2, 0.25) is 0 Å². The second-order valence-corrected chi connectivity index (χ2v) is 2.80. The zero-order valence-electron chi connectivity index (χ0n) is 6.98. The lowest BCUT2D eigenvalue weighted by Gasteiger charge is -2.00. The van der Waals surface area contributed by atoms with Crippen LogP contribution in [0.25, 0.3) is 0 Å². The van der Waals surface area contributed by atoms with Gasteiger partial charge in [-0.15, -0.1) is 0 Å². The summed E-state index contributed by atoms with van der Waals surface area (Å²) in [5.74, 6) is -1.18. The topological polar surface area (TPSA) is 49.9 Å². The Kier molecular flexibility index (Phi) is 2.95. The largest absolute Gasteiger partial charge is 0.388 e. The Labute approximate surface area is 74.9 Å². The first kappa shape index (κ1) is 9.64. The molecule has 1 aromatic rings. The van der Waals surface area contributed by atoms with Crippen LogP contribution in [0, 0.1) is 17.0 Å². The number of benzene rings is 1. The van der Waals surface area contributed by atoms with Crippen molar-refractivity contribution >= 4 is 5.84 Å². The van der Waals surface area contributed by atoms with Crippen LogP contribution >= 0.6 is 0 Å². The SMILES string of the molecule is N=C(N)CCc1cc(F)cc(F)c1. The number of rotatable bonds is 3. The van der Waals surface area contributed by atoms with Crippen molar-refractivity contribution in [2.24, 2.45) is 5.73 Å². The number of hydrogen-bond acceptors (Lipinski definition) is 1. The maximum absolute atomic E-state index is 12.6. The standard InChI is InChI=1S/C9H10F2N2/c10-7-3-6(1-2-9(12)13)4-8(11)5-7/h3-5H,1-2H2,(H3,12,13). The lowest BCUT2D eigenvalue weighted by atomic mass is 10.1. The third kappa shape index (κ3) is 3.19. The van der Waals surface area contributed by atoms with Crippen molar-refractivity contribution in [2.45, 2.75) is 12.8 Å². The molecule has 0 saturated carbocycles. The third-order valence-electron chi connectivity index (χ3n) is 1.61. The van der Waals surface area contributed by atoms with Crippen LogP contribution in [0.5, 0.6) is 0 Å². The van der Waals surface area contributed by atoms with Gasteiger partial charge in [-0.2, -0.15) is 0 Å². The molecule has 2 nitrogen and oxygen atoms in total. The first-order valence-electron chi connectivity index (χ1n) is 3.86. The molecule has 3 N–H and O–H groups in total. The molecule has 1 aromatic carbocycles. The van der Waals surface area contributed by atoms with E-state index >= 15 is 0 Å². The molecule has 0 aliphatic rings. The second-order valence-electron chi connectivity index (χ2n) is 2.80. The predicted molar refractivity (Wildman–Crippen MR) is 46.6 cm³/mol. The first-order valence-corrected chi connectivity index (χ1v) is 3.86. The van der Waals surface area contributed by atoms with E-state index in [9.17, 15) is 8.78 Å². The fourth-order valence-electron chi connectivity index (χ4n) is 1.03. The van der Waals surface area contributed by atoms with Gasteiger partial charge in [-0.3, -0.25) is 5.41 Å². The van der Waals surface area contributed by atoms with Gasteiger partial charge in [0.15, 0.2) is 0 Å². The minimum atomic E-state index is -0.599. The number of hydrogen-bond donors (Lipinski definition) is 2.